The summed E-state index contributed by atoms with van der Waals surface area (Å²) in [6.07, 6.45) is 3.83. The van der Waals surface area contributed by atoms with Crippen LogP contribution in [0.4, 0.5) is 0 Å². The monoisotopic (exact) mass is 288 g/mol. The molecule has 0 saturated carbocycles. The van der Waals surface area contributed by atoms with Crippen molar-refractivity contribution in [2.24, 2.45) is 0 Å². The van der Waals surface area contributed by atoms with Crippen molar-refractivity contribution in [3.63, 3.8) is 0 Å². The predicted octanol–water partition coefficient (Wildman–Crippen LogP) is 4.42. The number of hydrogen-bond acceptors (Lipinski definition) is 2. The molecule has 0 amide bonds. The number of nitrogens with zero attached hydrogens (tertiary/aromatic N) is 1. The van der Waals surface area contributed by atoms with Gasteiger partial charge in [0.25, 0.3) is 0 Å². The van der Waals surface area contributed by atoms with Crippen LogP contribution in [0.5, 0.6) is 0 Å². The van der Waals surface area contributed by atoms with E-state index in [1.165, 1.54) is 30.5 Å². The quantitative estimate of drug-likeness (QED) is 0.870. The molecule has 0 unspecified atom stereocenters. The highest BCUT2D eigenvalue weighted by Crippen LogP contribution is 2.40. The third kappa shape index (κ3) is 2.07. The largest absolute Gasteiger partial charge is 0.370 e. The van der Waals surface area contributed by atoms with E-state index in [4.69, 9.17) is 5.41 Å². The molecule has 2 aromatic rings. The highest BCUT2D eigenvalue weighted by molar-refractivity contribution is 6.40. The molecule has 1 saturated heterocycles. The standard InChI is InChI=1S/C20H20N2/c21-19-16-11-5-6-12-17(16)20(22-13-7-2-8-14-22)18(19)15-9-3-1-4-10-15/h1,3-6,9-12,21H,2,7-8,13-14H2. The second-order valence-electron chi connectivity index (χ2n) is 6.06. The fourth-order valence-electron chi connectivity index (χ4n) is 3.63. The van der Waals surface area contributed by atoms with Gasteiger partial charge in [-0.25, -0.2) is 0 Å². The van der Waals surface area contributed by atoms with Gasteiger partial charge in [0.2, 0.25) is 0 Å². The molecule has 1 fully saturated rings. The van der Waals surface area contributed by atoms with Gasteiger partial charge in [-0.3, -0.25) is 5.41 Å². The van der Waals surface area contributed by atoms with Gasteiger partial charge < -0.3 is 4.90 Å². The van der Waals surface area contributed by atoms with Crippen molar-refractivity contribution in [3.05, 3.63) is 71.3 Å². The van der Waals surface area contributed by atoms with Crippen molar-refractivity contribution < 1.29 is 0 Å². The summed E-state index contributed by atoms with van der Waals surface area (Å²) in [6, 6.07) is 18.8. The normalized spacial score (nSPS) is 17.8. The van der Waals surface area contributed by atoms with E-state index in [-0.39, 0.29) is 0 Å². The summed E-state index contributed by atoms with van der Waals surface area (Å²) in [7, 11) is 0. The maximum absolute atomic E-state index is 8.69. The lowest BCUT2D eigenvalue weighted by Crippen LogP contribution is -2.28. The number of fused-ring (bicyclic) bond motifs is 1. The number of benzene rings is 2. The molecule has 0 spiro atoms. The minimum absolute atomic E-state index is 0.669. The van der Waals surface area contributed by atoms with Gasteiger partial charge in [-0.2, -0.15) is 0 Å². The van der Waals surface area contributed by atoms with Crippen LogP contribution in [0.25, 0.3) is 11.3 Å². The van der Waals surface area contributed by atoms with E-state index in [0.29, 0.717) is 5.71 Å². The molecule has 4 rings (SSSR count). The van der Waals surface area contributed by atoms with Gasteiger partial charge in [-0.15, -0.1) is 0 Å². The number of likely N-dealkylation sites (tertiary alicyclic amines) is 1. The highest BCUT2D eigenvalue weighted by Gasteiger charge is 2.31. The van der Waals surface area contributed by atoms with Crippen LogP contribution in [-0.2, 0) is 0 Å². The molecule has 1 aliphatic carbocycles. The van der Waals surface area contributed by atoms with Gasteiger partial charge in [0.05, 0.1) is 11.4 Å². The number of hydrogen-bond donors (Lipinski definition) is 1. The summed E-state index contributed by atoms with van der Waals surface area (Å²) >= 11 is 0. The van der Waals surface area contributed by atoms with Gasteiger partial charge in [-0.1, -0.05) is 54.6 Å². The Morgan fingerprint density at radius 3 is 2.09 bits per heavy atom. The maximum atomic E-state index is 8.69. The molecule has 22 heavy (non-hydrogen) atoms. The van der Waals surface area contributed by atoms with Crippen LogP contribution < -0.4 is 0 Å². The van der Waals surface area contributed by atoms with Gasteiger partial charge >= 0.3 is 0 Å². The lowest BCUT2D eigenvalue weighted by Gasteiger charge is -2.31. The molecule has 2 heteroatoms. The fourth-order valence-corrected chi connectivity index (χ4v) is 3.63. The first-order chi connectivity index (χ1) is 10.9. The molecule has 2 aliphatic rings. The topological polar surface area (TPSA) is 27.1 Å². The average molecular weight is 288 g/mol. The van der Waals surface area contributed by atoms with E-state index in [1.54, 1.807) is 0 Å². The van der Waals surface area contributed by atoms with Crippen LogP contribution in [-0.4, -0.2) is 23.7 Å². The van der Waals surface area contributed by atoms with Gasteiger partial charge in [0.15, 0.2) is 0 Å². The first-order valence-corrected chi connectivity index (χ1v) is 8.09. The van der Waals surface area contributed by atoms with Crippen LogP contribution in [0.3, 0.4) is 0 Å². The summed E-state index contributed by atoms with van der Waals surface area (Å²) in [5.41, 5.74) is 6.50. The van der Waals surface area contributed by atoms with E-state index in [9.17, 15) is 0 Å². The highest BCUT2D eigenvalue weighted by atomic mass is 15.1. The van der Waals surface area contributed by atoms with Crippen molar-refractivity contribution >= 4 is 17.0 Å². The number of rotatable bonds is 2. The molecule has 0 bridgehead atoms. The zero-order valence-electron chi connectivity index (χ0n) is 12.7. The van der Waals surface area contributed by atoms with Crippen molar-refractivity contribution in [2.75, 3.05) is 13.1 Å². The summed E-state index contributed by atoms with van der Waals surface area (Å²) in [6.45, 7) is 2.21. The van der Waals surface area contributed by atoms with Gasteiger partial charge in [-0.05, 0) is 24.8 Å². The Labute approximate surface area is 131 Å². The van der Waals surface area contributed by atoms with E-state index >= 15 is 0 Å². The smallest absolute Gasteiger partial charge is 0.0718 e. The second-order valence-corrected chi connectivity index (χ2v) is 6.06. The number of allylic oxidation sites excluding steroid dienone is 1. The minimum atomic E-state index is 0.669. The molecule has 0 atom stereocenters. The molecule has 2 aromatic carbocycles. The van der Waals surface area contributed by atoms with Gasteiger partial charge in [0, 0.05) is 29.8 Å². The first kappa shape index (κ1) is 13.3. The Kier molecular flexibility index (Phi) is 3.30. The molecule has 1 heterocycles. The van der Waals surface area contributed by atoms with E-state index in [2.05, 4.69) is 47.4 Å². The van der Waals surface area contributed by atoms with Crippen LogP contribution in [0.15, 0.2) is 54.6 Å². The molecule has 110 valence electrons. The SMILES string of the molecule is N=C1C(c2ccccc2)=C(N2CCCCC2)c2ccccc21. The summed E-state index contributed by atoms with van der Waals surface area (Å²) in [4.78, 5) is 2.49. The molecular weight excluding hydrogens is 268 g/mol. The summed E-state index contributed by atoms with van der Waals surface area (Å²) < 4.78 is 0. The van der Waals surface area contributed by atoms with Crippen LogP contribution in [0, 0.1) is 5.41 Å². The third-order valence-corrected chi connectivity index (χ3v) is 4.67. The van der Waals surface area contributed by atoms with E-state index in [1.807, 2.05) is 12.1 Å². The molecule has 0 radical (unpaired) electrons. The average Bonchev–Trinajstić information content (AvgIpc) is 2.90. The predicted molar refractivity (Wildman–Crippen MR) is 92.0 cm³/mol. The summed E-state index contributed by atoms with van der Waals surface area (Å²) in [5, 5.41) is 8.69. The Morgan fingerprint density at radius 1 is 0.727 bits per heavy atom. The van der Waals surface area contributed by atoms with Crippen LogP contribution in [0.1, 0.15) is 36.0 Å². The minimum Gasteiger partial charge on any atom is -0.370 e. The maximum Gasteiger partial charge on any atom is 0.0718 e. The fraction of sp³-hybridized carbons (Fsp3) is 0.250. The zero-order valence-corrected chi connectivity index (χ0v) is 12.7. The lowest BCUT2D eigenvalue weighted by molar-refractivity contribution is 0.327. The molecule has 2 nitrogen and oxygen atoms in total. The Hall–Kier alpha value is -2.35. The zero-order chi connectivity index (χ0) is 14.9. The van der Waals surface area contributed by atoms with E-state index in [0.717, 1.165) is 29.8 Å². The molecule has 1 aliphatic heterocycles. The number of nitrogens with one attached hydrogen (secondary N) is 1. The lowest BCUT2D eigenvalue weighted by atomic mass is 10.0. The molecular formula is C20H20N2. The summed E-state index contributed by atoms with van der Waals surface area (Å²) in [5.74, 6) is 0. The van der Waals surface area contributed by atoms with Crippen molar-refractivity contribution in [3.8, 4) is 0 Å². The molecule has 1 N–H and O–H groups in total. The number of piperidine rings is 1. The molecule has 0 aromatic heterocycles. The van der Waals surface area contributed by atoms with Crippen LogP contribution >= 0.6 is 0 Å². The Balaban J connectivity index is 1.91. The second kappa shape index (κ2) is 5.45. The van der Waals surface area contributed by atoms with Crippen molar-refractivity contribution in [1.29, 1.82) is 5.41 Å². The Morgan fingerprint density at radius 2 is 1.36 bits per heavy atom. The Bertz CT molecular complexity index is 737. The van der Waals surface area contributed by atoms with E-state index < -0.39 is 0 Å². The van der Waals surface area contributed by atoms with Crippen molar-refractivity contribution in [1.82, 2.24) is 4.90 Å². The van der Waals surface area contributed by atoms with Crippen molar-refractivity contribution in [2.45, 2.75) is 19.3 Å². The van der Waals surface area contributed by atoms with Gasteiger partial charge in [0.1, 0.15) is 0 Å². The first-order valence-electron chi connectivity index (χ1n) is 8.09. The third-order valence-electron chi connectivity index (χ3n) is 4.67. The van der Waals surface area contributed by atoms with Crippen LogP contribution in [0.2, 0.25) is 0 Å².